The van der Waals surface area contributed by atoms with Crippen molar-refractivity contribution in [2.45, 2.75) is 5.85 Å². The first-order valence-corrected chi connectivity index (χ1v) is 3.53. The predicted molar refractivity (Wildman–Crippen MR) is 39.9 cm³/mol. The van der Waals surface area contributed by atoms with Crippen molar-refractivity contribution in [3.63, 3.8) is 0 Å². The van der Waals surface area contributed by atoms with Gasteiger partial charge in [0.05, 0.1) is 7.11 Å². The zero-order chi connectivity index (χ0) is 10.1. The van der Waals surface area contributed by atoms with Crippen LogP contribution in [0, 0.1) is 5.92 Å². The molecule has 2 atom stereocenters. The van der Waals surface area contributed by atoms with Gasteiger partial charge in [0.15, 0.2) is 0 Å². The van der Waals surface area contributed by atoms with Crippen molar-refractivity contribution in [3.8, 4) is 0 Å². The maximum absolute atomic E-state index is 13.1. The SMILES string of the molecule is COC(=O)C1C=CC(F)=CC1(O)F. The summed E-state index contributed by atoms with van der Waals surface area (Å²) < 4.78 is 29.8. The van der Waals surface area contributed by atoms with Crippen LogP contribution < -0.4 is 0 Å². The molecule has 0 saturated carbocycles. The summed E-state index contributed by atoms with van der Waals surface area (Å²) in [5, 5.41) is 8.97. The second kappa shape index (κ2) is 3.26. The zero-order valence-electron chi connectivity index (χ0n) is 6.83. The van der Waals surface area contributed by atoms with Gasteiger partial charge in [-0.15, -0.1) is 0 Å². The summed E-state index contributed by atoms with van der Waals surface area (Å²) in [6.07, 6.45) is 2.14. The van der Waals surface area contributed by atoms with E-state index in [-0.39, 0.29) is 0 Å². The Morgan fingerprint density at radius 2 is 2.38 bits per heavy atom. The average Bonchev–Trinajstić information content (AvgIpc) is 2.01. The molecule has 2 unspecified atom stereocenters. The lowest BCUT2D eigenvalue weighted by Crippen LogP contribution is -2.37. The number of methoxy groups -OCH3 is 1. The monoisotopic (exact) mass is 190 g/mol. The van der Waals surface area contributed by atoms with E-state index in [1.807, 2.05) is 0 Å². The summed E-state index contributed by atoms with van der Waals surface area (Å²) in [4.78, 5) is 10.9. The third-order valence-electron chi connectivity index (χ3n) is 1.68. The van der Waals surface area contributed by atoms with Crippen molar-refractivity contribution in [1.82, 2.24) is 0 Å². The quantitative estimate of drug-likeness (QED) is 0.623. The first-order chi connectivity index (χ1) is 5.97. The molecule has 72 valence electrons. The summed E-state index contributed by atoms with van der Waals surface area (Å²) in [5.74, 6) is -6.39. The maximum atomic E-state index is 13.1. The van der Waals surface area contributed by atoms with Gasteiger partial charge in [0.25, 0.3) is 0 Å². The van der Waals surface area contributed by atoms with Crippen LogP contribution in [0.25, 0.3) is 0 Å². The van der Waals surface area contributed by atoms with Gasteiger partial charge in [-0.3, -0.25) is 4.79 Å². The number of hydrogen-bond acceptors (Lipinski definition) is 3. The molecule has 0 saturated heterocycles. The number of carbonyl (C=O) groups excluding carboxylic acids is 1. The third kappa shape index (κ3) is 1.92. The number of halogens is 2. The highest BCUT2D eigenvalue weighted by molar-refractivity contribution is 5.76. The molecule has 1 aliphatic carbocycles. The topological polar surface area (TPSA) is 46.5 Å². The van der Waals surface area contributed by atoms with Crippen LogP contribution in [0.4, 0.5) is 8.78 Å². The zero-order valence-corrected chi connectivity index (χ0v) is 6.83. The van der Waals surface area contributed by atoms with E-state index in [1.54, 1.807) is 0 Å². The average molecular weight is 190 g/mol. The number of aliphatic hydroxyl groups is 1. The van der Waals surface area contributed by atoms with Crippen molar-refractivity contribution in [2.24, 2.45) is 5.92 Å². The Labute approximate surface area is 73.3 Å². The molecule has 5 heteroatoms. The van der Waals surface area contributed by atoms with Crippen LogP contribution in [0.5, 0.6) is 0 Å². The molecule has 0 aliphatic heterocycles. The first-order valence-electron chi connectivity index (χ1n) is 3.53. The van der Waals surface area contributed by atoms with E-state index in [9.17, 15) is 13.6 Å². The number of hydrogen-bond donors (Lipinski definition) is 1. The van der Waals surface area contributed by atoms with E-state index in [0.29, 0.717) is 6.08 Å². The molecule has 0 bridgehead atoms. The highest BCUT2D eigenvalue weighted by atomic mass is 19.2. The summed E-state index contributed by atoms with van der Waals surface area (Å²) in [6.45, 7) is 0. The standard InChI is InChI=1S/C8H8F2O3/c1-13-7(11)6-3-2-5(9)4-8(6,10)12/h2-4,6,12H,1H3. The molecular formula is C8H8F2O3. The summed E-state index contributed by atoms with van der Waals surface area (Å²) in [6, 6.07) is 0. The lowest BCUT2D eigenvalue weighted by atomic mass is 9.95. The minimum Gasteiger partial charge on any atom is -0.468 e. The fraction of sp³-hybridized carbons (Fsp3) is 0.375. The van der Waals surface area contributed by atoms with Gasteiger partial charge in [0.2, 0.25) is 5.85 Å². The van der Waals surface area contributed by atoms with E-state index in [4.69, 9.17) is 5.11 Å². The van der Waals surface area contributed by atoms with Crippen LogP contribution in [-0.2, 0) is 9.53 Å². The molecule has 3 nitrogen and oxygen atoms in total. The van der Waals surface area contributed by atoms with Gasteiger partial charge in [-0.2, -0.15) is 0 Å². The highest BCUT2D eigenvalue weighted by Gasteiger charge is 2.41. The molecule has 0 amide bonds. The molecule has 0 radical (unpaired) electrons. The fourth-order valence-corrected chi connectivity index (χ4v) is 1.03. The molecular weight excluding hydrogens is 182 g/mol. The number of esters is 1. The van der Waals surface area contributed by atoms with Gasteiger partial charge >= 0.3 is 5.97 Å². The molecule has 0 aromatic rings. The van der Waals surface area contributed by atoms with Gasteiger partial charge in [-0.25, -0.2) is 8.78 Å². The minimum atomic E-state index is -3.01. The van der Waals surface area contributed by atoms with E-state index >= 15 is 0 Å². The van der Waals surface area contributed by atoms with E-state index in [2.05, 4.69) is 4.74 Å². The second-order valence-electron chi connectivity index (χ2n) is 2.62. The number of ether oxygens (including phenoxy) is 1. The second-order valence-corrected chi connectivity index (χ2v) is 2.62. The number of carbonyl (C=O) groups is 1. The Bertz CT molecular complexity index is 281. The third-order valence-corrected chi connectivity index (χ3v) is 1.68. The fourth-order valence-electron chi connectivity index (χ4n) is 1.03. The summed E-state index contributed by atoms with van der Waals surface area (Å²) in [5.41, 5.74) is 0. The van der Waals surface area contributed by atoms with Crippen molar-refractivity contribution < 1.29 is 23.4 Å². The van der Waals surface area contributed by atoms with Crippen LogP contribution >= 0.6 is 0 Å². The molecule has 1 N–H and O–H groups in total. The van der Waals surface area contributed by atoms with Crippen molar-refractivity contribution in [2.75, 3.05) is 7.11 Å². The number of rotatable bonds is 1. The molecule has 0 aromatic heterocycles. The molecule has 0 spiro atoms. The Morgan fingerprint density at radius 3 is 2.85 bits per heavy atom. The van der Waals surface area contributed by atoms with Crippen molar-refractivity contribution in [1.29, 1.82) is 0 Å². The van der Waals surface area contributed by atoms with Crippen LogP contribution in [0.3, 0.4) is 0 Å². The minimum absolute atomic E-state index is 0.328. The van der Waals surface area contributed by atoms with Gasteiger partial charge in [0.1, 0.15) is 11.7 Å². The van der Waals surface area contributed by atoms with Crippen molar-refractivity contribution >= 4 is 5.97 Å². The Balaban J connectivity index is 2.91. The van der Waals surface area contributed by atoms with Crippen LogP contribution in [0.15, 0.2) is 24.1 Å². The lowest BCUT2D eigenvalue weighted by Gasteiger charge is -2.23. The normalized spacial score (nSPS) is 32.6. The van der Waals surface area contributed by atoms with Crippen LogP contribution in [0.1, 0.15) is 0 Å². The van der Waals surface area contributed by atoms with E-state index in [1.165, 1.54) is 0 Å². The number of allylic oxidation sites excluding steroid dienone is 2. The largest absolute Gasteiger partial charge is 0.468 e. The predicted octanol–water partition coefficient (Wildman–Crippen LogP) is 0.857. The van der Waals surface area contributed by atoms with Crippen molar-refractivity contribution in [3.05, 3.63) is 24.1 Å². The molecule has 1 aliphatic rings. The van der Waals surface area contributed by atoms with Gasteiger partial charge in [0, 0.05) is 6.08 Å². The maximum Gasteiger partial charge on any atom is 0.318 e. The van der Waals surface area contributed by atoms with E-state index in [0.717, 1.165) is 19.3 Å². The molecule has 0 aromatic carbocycles. The number of alkyl halides is 1. The van der Waals surface area contributed by atoms with Gasteiger partial charge in [-0.1, -0.05) is 6.08 Å². The Kier molecular flexibility index (Phi) is 2.47. The Hall–Kier alpha value is -1.23. The molecule has 1 rings (SSSR count). The lowest BCUT2D eigenvalue weighted by molar-refractivity contribution is -0.160. The summed E-state index contributed by atoms with van der Waals surface area (Å²) in [7, 11) is 1.06. The van der Waals surface area contributed by atoms with Gasteiger partial charge in [-0.05, 0) is 6.08 Å². The van der Waals surface area contributed by atoms with E-state index < -0.39 is 23.6 Å². The molecule has 0 fully saturated rings. The van der Waals surface area contributed by atoms with Crippen LogP contribution in [-0.4, -0.2) is 24.0 Å². The van der Waals surface area contributed by atoms with Gasteiger partial charge < -0.3 is 9.84 Å². The Morgan fingerprint density at radius 1 is 1.77 bits per heavy atom. The molecule has 13 heavy (non-hydrogen) atoms. The highest BCUT2D eigenvalue weighted by Crippen LogP contribution is 2.29. The van der Waals surface area contributed by atoms with Crippen LogP contribution in [0.2, 0.25) is 0 Å². The molecule has 0 heterocycles. The summed E-state index contributed by atoms with van der Waals surface area (Å²) >= 11 is 0. The first kappa shape index (κ1) is 9.85. The smallest absolute Gasteiger partial charge is 0.318 e.